The lowest BCUT2D eigenvalue weighted by Crippen LogP contribution is -2.42. The molecular weight excluding hydrogens is 400 g/mol. The van der Waals surface area contributed by atoms with Crippen molar-refractivity contribution < 1.29 is 22.7 Å². The summed E-state index contributed by atoms with van der Waals surface area (Å²) in [5.74, 6) is -1.88. The van der Waals surface area contributed by atoms with E-state index >= 15 is 0 Å². The van der Waals surface area contributed by atoms with Crippen LogP contribution in [0, 0.1) is 0 Å². The van der Waals surface area contributed by atoms with Crippen LogP contribution in [0.4, 0.5) is 11.4 Å². The van der Waals surface area contributed by atoms with Crippen molar-refractivity contribution in [1.82, 2.24) is 0 Å². The van der Waals surface area contributed by atoms with Crippen molar-refractivity contribution in [2.75, 3.05) is 22.5 Å². The van der Waals surface area contributed by atoms with Crippen LogP contribution < -0.4 is 9.62 Å². The van der Waals surface area contributed by atoms with E-state index in [2.05, 4.69) is 10.1 Å². The highest BCUT2D eigenvalue weighted by Gasteiger charge is 2.38. The smallest absolute Gasteiger partial charge is 0.398 e. The van der Waals surface area contributed by atoms with Crippen LogP contribution in [0.5, 0.6) is 0 Å². The van der Waals surface area contributed by atoms with Crippen LogP contribution in [0.3, 0.4) is 0 Å². The Morgan fingerprint density at radius 3 is 2.61 bits per heavy atom. The fraction of sp³-hybridized carbons (Fsp3) is 0.368. The number of fused-ring (bicyclic) bond motifs is 1. The van der Waals surface area contributed by atoms with Gasteiger partial charge in [-0.1, -0.05) is 12.2 Å². The molecule has 1 amide bonds. The average molecular weight is 423 g/mol. The number of thioether (sulfide) groups is 1. The highest BCUT2D eigenvalue weighted by atomic mass is 32.3. The van der Waals surface area contributed by atoms with Gasteiger partial charge in [0, 0.05) is 17.0 Å². The van der Waals surface area contributed by atoms with E-state index in [1.807, 2.05) is 26.8 Å². The van der Waals surface area contributed by atoms with Gasteiger partial charge in [0.2, 0.25) is 0 Å². The van der Waals surface area contributed by atoms with Crippen molar-refractivity contribution in [2.24, 2.45) is 0 Å². The first kappa shape index (κ1) is 20.5. The molecule has 1 N–H and O–H groups in total. The Labute approximate surface area is 168 Å². The summed E-state index contributed by atoms with van der Waals surface area (Å²) >= 11 is 1.14. The first-order chi connectivity index (χ1) is 13.1. The lowest BCUT2D eigenvalue weighted by Gasteiger charge is -2.32. The minimum absolute atomic E-state index is 0.0639. The highest BCUT2D eigenvalue weighted by Crippen LogP contribution is 2.39. The van der Waals surface area contributed by atoms with Crippen LogP contribution in [0.1, 0.15) is 32.8 Å². The minimum Gasteiger partial charge on any atom is -0.462 e. The lowest BCUT2D eigenvalue weighted by atomic mass is 9.91. The molecular formula is C19H22N2O5S2. The van der Waals surface area contributed by atoms with Gasteiger partial charge in [-0.15, -0.1) is 11.8 Å². The van der Waals surface area contributed by atoms with Crippen molar-refractivity contribution >= 4 is 50.6 Å². The summed E-state index contributed by atoms with van der Waals surface area (Å²) in [5.41, 5.74) is 2.38. The number of rotatable bonds is 3. The van der Waals surface area contributed by atoms with Gasteiger partial charge in [-0.25, -0.2) is 13.2 Å². The third-order valence-electron chi connectivity index (χ3n) is 4.41. The zero-order valence-electron chi connectivity index (χ0n) is 16.1. The maximum Gasteiger partial charge on any atom is 0.398 e. The molecule has 150 valence electrons. The Bertz CT molecular complexity index is 1010. The molecule has 7 nitrogen and oxygen atoms in total. The Morgan fingerprint density at radius 2 is 2.00 bits per heavy atom. The minimum atomic E-state index is -4.21. The van der Waals surface area contributed by atoms with Gasteiger partial charge in [0.15, 0.2) is 0 Å². The molecule has 3 rings (SSSR count). The third kappa shape index (κ3) is 3.68. The number of carbonyl (C=O) groups is 2. The number of hydrogen-bond acceptors (Lipinski definition) is 7. The maximum atomic E-state index is 13.1. The first-order valence-corrected chi connectivity index (χ1v) is 11.1. The standard InChI is InChI=1S/C19H22N2O5S2/c1-12-11-19(2,3)20-15-8-7-13(10-14(12)15)21(17(22)18(23)26-4)28(24,25)16-6-5-9-27-16/h6-8,10-11,20H,5,9H2,1-4H3. The Balaban J connectivity index is 2.13. The number of amides is 1. The summed E-state index contributed by atoms with van der Waals surface area (Å²) in [6.07, 6.45) is 4.17. The molecule has 0 aromatic heterocycles. The Morgan fingerprint density at radius 1 is 1.29 bits per heavy atom. The van der Waals surface area contributed by atoms with Gasteiger partial charge in [0.05, 0.1) is 18.3 Å². The van der Waals surface area contributed by atoms with Gasteiger partial charge in [0.25, 0.3) is 10.0 Å². The molecule has 0 radical (unpaired) electrons. The van der Waals surface area contributed by atoms with E-state index in [1.54, 1.807) is 18.2 Å². The van der Waals surface area contributed by atoms with Crippen molar-refractivity contribution in [3.8, 4) is 0 Å². The molecule has 0 spiro atoms. The van der Waals surface area contributed by atoms with Crippen molar-refractivity contribution in [3.63, 3.8) is 0 Å². The molecule has 28 heavy (non-hydrogen) atoms. The van der Waals surface area contributed by atoms with Gasteiger partial charge >= 0.3 is 11.9 Å². The normalized spacial score (nSPS) is 17.7. The lowest BCUT2D eigenvalue weighted by molar-refractivity contribution is -0.150. The molecule has 9 heteroatoms. The SMILES string of the molecule is COC(=O)C(=O)N(c1ccc2c(c1)C(C)=CC(C)(C)N2)S(=O)(=O)C1=CCCS1. The largest absolute Gasteiger partial charge is 0.462 e. The van der Waals surface area contributed by atoms with E-state index < -0.39 is 21.9 Å². The molecule has 2 aliphatic rings. The fourth-order valence-corrected chi connectivity index (χ4v) is 6.23. The number of nitrogens with zero attached hydrogens (tertiary/aromatic N) is 1. The van der Waals surface area contributed by atoms with Crippen LogP contribution in [0.2, 0.25) is 0 Å². The second-order valence-corrected chi connectivity index (χ2v) is 10.3. The number of esters is 1. The summed E-state index contributed by atoms with van der Waals surface area (Å²) in [4.78, 5) is 24.5. The predicted molar refractivity (Wildman–Crippen MR) is 111 cm³/mol. The molecule has 2 aliphatic heterocycles. The summed E-state index contributed by atoms with van der Waals surface area (Å²) in [6, 6.07) is 4.83. The molecule has 0 unspecified atom stereocenters. The zero-order valence-corrected chi connectivity index (χ0v) is 17.7. The van der Waals surface area contributed by atoms with E-state index in [1.165, 1.54) is 6.07 Å². The van der Waals surface area contributed by atoms with Crippen LogP contribution in [0.25, 0.3) is 5.57 Å². The predicted octanol–water partition coefficient (Wildman–Crippen LogP) is 3.11. The highest BCUT2D eigenvalue weighted by molar-refractivity contribution is 8.19. The first-order valence-electron chi connectivity index (χ1n) is 8.69. The second kappa shape index (κ2) is 7.29. The van der Waals surface area contributed by atoms with Crippen molar-refractivity contribution in [3.05, 3.63) is 40.2 Å². The second-order valence-electron chi connectivity index (χ2n) is 7.13. The molecule has 0 aliphatic carbocycles. The molecule has 0 bridgehead atoms. The van der Waals surface area contributed by atoms with E-state index in [0.29, 0.717) is 16.5 Å². The summed E-state index contributed by atoms with van der Waals surface area (Å²) in [7, 11) is -3.17. The van der Waals surface area contributed by atoms with Crippen LogP contribution >= 0.6 is 11.8 Å². The number of allylic oxidation sites excluding steroid dienone is 2. The van der Waals surface area contributed by atoms with Gasteiger partial charge in [-0.2, -0.15) is 4.31 Å². The van der Waals surface area contributed by atoms with Gasteiger partial charge < -0.3 is 10.1 Å². The summed E-state index contributed by atoms with van der Waals surface area (Å²) < 4.78 is 31.3. The monoisotopic (exact) mass is 422 g/mol. The number of ether oxygens (including phenoxy) is 1. The maximum absolute atomic E-state index is 13.1. The number of nitrogens with one attached hydrogen (secondary N) is 1. The van der Waals surface area contributed by atoms with Crippen LogP contribution in [-0.2, 0) is 24.3 Å². The van der Waals surface area contributed by atoms with Crippen LogP contribution in [-0.4, -0.2) is 38.7 Å². The molecule has 0 saturated carbocycles. The van der Waals surface area contributed by atoms with Crippen molar-refractivity contribution in [1.29, 1.82) is 0 Å². The number of benzene rings is 1. The van der Waals surface area contributed by atoms with Gasteiger partial charge in [0.1, 0.15) is 4.24 Å². The van der Waals surface area contributed by atoms with E-state index in [9.17, 15) is 18.0 Å². The molecule has 1 aromatic rings. The van der Waals surface area contributed by atoms with Gasteiger partial charge in [-0.3, -0.25) is 4.79 Å². The average Bonchev–Trinajstić information content (AvgIpc) is 3.16. The number of hydrogen-bond donors (Lipinski definition) is 1. The van der Waals surface area contributed by atoms with E-state index in [4.69, 9.17) is 0 Å². The molecule has 0 fully saturated rings. The molecule has 1 aromatic carbocycles. The topological polar surface area (TPSA) is 92.8 Å². The van der Waals surface area contributed by atoms with E-state index in [0.717, 1.165) is 35.7 Å². The summed E-state index contributed by atoms with van der Waals surface area (Å²) in [5, 5.41) is 3.35. The van der Waals surface area contributed by atoms with E-state index in [-0.39, 0.29) is 15.5 Å². The zero-order chi connectivity index (χ0) is 20.7. The summed E-state index contributed by atoms with van der Waals surface area (Å²) in [6.45, 7) is 5.96. The third-order valence-corrected chi connectivity index (χ3v) is 7.82. The number of carbonyl (C=O) groups excluding carboxylic acids is 2. The van der Waals surface area contributed by atoms with Crippen molar-refractivity contribution in [2.45, 2.75) is 32.7 Å². The van der Waals surface area contributed by atoms with Crippen LogP contribution in [0.15, 0.2) is 34.6 Å². The number of methoxy groups -OCH3 is 1. The molecule has 2 heterocycles. The van der Waals surface area contributed by atoms with Gasteiger partial charge in [-0.05, 0) is 51.0 Å². The fourth-order valence-electron chi connectivity index (χ4n) is 3.30. The molecule has 0 atom stereocenters. The number of sulfonamides is 1. The quantitative estimate of drug-likeness (QED) is 0.591. The Kier molecular flexibility index (Phi) is 5.33. The molecule has 0 saturated heterocycles. The number of anilines is 2. The Hall–Kier alpha value is -2.26.